The summed E-state index contributed by atoms with van der Waals surface area (Å²) in [6.45, 7) is 4.18. The molecule has 2 rings (SSSR count). The average molecular weight is 240 g/mol. The summed E-state index contributed by atoms with van der Waals surface area (Å²) in [4.78, 5) is 13.2. The predicted octanol–water partition coefficient (Wildman–Crippen LogP) is 3.02. The lowest BCUT2D eigenvalue weighted by atomic mass is 10.1. The topological polar surface area (TPSA) is 20.3 Å². The van der Waals surface area contributed by atoms with Gasteiger partial charge in [0.25, 0.3) is 0 Å². The molecule has 1 aromatic carbocycles. The third-order valence-electron chi connectivity index (χ3n) is 2.69. The summed E-state index contributed by atoms with van der Waals surface area (Å²) in [5.41, 5.74) is 0.441. The van der Waals surface area contributed by atoms with Crippen molar-refractivity contribution >= 4 is 23.2 Å². The van der Waals surface area contributed by atoms with Gasteiger partial charge in [-0.2, -0.15) is 0 Å². The van der Waals surface area contributed by atoms with E-state index in [4.69, 9.17) is 11.6 Å². The Kier molecular flexibility index (Phi) is 2.97. The van der Waals surface area contributed by atoms with Gasteiger partial charge in [0.1, 0.15) is 5.82 Å². The molecule has 1 aromatic rings. The first-order valence-electron chi connectivity index (χ1n) is 5.00. The zero-order valence-electron chi connectivity index (χ0n) is 8.62. The Morgan fingerprint density at radius 1 is 1.56 bits per heavy atom. The van der Waals surface area contributed by atoms with Crippen molar-refractivity contribution in [3.63, 3.8) is 0 Å². The molecular weight excluding hydrogens is 229 g/mol. The average Bonchev–Trinajstić information content (AvgIpc) is 2.63. The summed E-state index contributed by atoms with van der Waals surface area (Å²) < 4.78 is 13.1. The number of rotatable bonds is 2. The molecule has 0 N–H and O–H groups in total. The third kappa shape index (κ3) is 1.95. The molecule has 1 amide bonds. The molecule has 16 heavy (non-hydrogen) atoms. The molecule has 84 valence electrons. The molecule has 0 aliphatic carbocycles. The highest BCUT2D eigenvalue weighted by molar-refractivity contribution is 6.33. The molecule has 1 aliphatic rings. The van der Waals surface area contributed by atoms with Crippen LogP contribution in [-0.4, -0.2) is 12.5 Å². The van der Waals surface area contributed by atoms with Crippen molar-refractivity contribution in [2.75, 3.05) is 11.4 Å². The van der Waals surface area contributed by atoms with Gasteiger partial charge in [0.2, 0.25) is 5.91 Å². The summed E-state index contributed by atoms with van der Waals surface area (Å²) in [6, 6.07) is 4.02. The van der Waals surface area contributed by atoms with Crippen LogP contribution in [0.5, 0.6) is 0 Å². The van der Waals surface area contributed by atoms with Crippen molar-refractivity contribution in [1.29, 1.82) is 0 Å². The van der Waals surface area contributed by atoms with E-state index in [0.717, 1.165) is 0 Å². The van der Waals surface area contributed by atoms with E-state index < -0.39 is 5.82 Å². The normalized spacial score (nSPS) is 20.2. The van der Waals surface area contributed by atoms with Crippen molar-refractivity contribution in [1.82, 2.24) is 0 Å². The maximum Gasteiger partial charge on any atom is 0.227 e. The van der Waals surface area contributed by atoms with E-state index in [1.54, 1.807) is 6.08 Å². The summed E-state index contributed by atoms with van der Waals surface area (Å²) in [7, 11) is 0. The maximum atomic E-state index is 13.1. The molecule has 0 radical (unpaired) electrons. The van der Waals surface area contributed by atoms with Gasteiger partial charge in [-0.25, -0.2) is 4.39 Å². The fourth-order valence-corrected chi connectivity index (χ4v) is 2.04. The Morgan fingerprint density at radius 3 is 2.94 bits per heavy atom. The summed E-state index contributed by atoms with van der Waals surface area (Å²) in [5, 5.41) is 0.388. The zero-order valence-corrected chi connectivity index (χ0v) is 9.38. The molecule has 0 spiro atoms. The monoisotopic (exact) mass is 239 g/mol. The highest BCUT2D eigenvalue weighted by atomic mass is 35.5. The molecule has 1 fully saturated rings. The number of carbonyl (C=O) groups is 1. The van der Waals surface area contributed by atoms with Crippen molar-refractivity contribution in [3.8, 4) is 0 Å². The number of hydrogen-bond donors (Lipinski definition) is 0. The van der Waals surface area contributed by atoms with Crippen LogP contribution in [0, 0.1) is 11.7 Å². The molecule has 0 saturated carbocycles. The first-order chi connectivity index (χ1) is 7.61. The van der Waals surface area contributed by atoms with Gasteiger partial charge in [0, 0.05) is 18.9 Å². The second-order valence-corrected chi connectivity index (χ2v) is 4.21. The Hall–Kier alpha value is -1.35. The van der Waals surface area contributed by atoms with Gasteiger partial charge in [0.15, 0.2) is 0 Å². The van der Waals surface area contributed by atoms with E-state index in [9.17, 15) is 9.18 Å². The summed E-state index contributed by atoms with van der Waals surface area (Å²) >= 11 is 5.95. The van der Waals surface area contributed by atoms with Crippen LogP contribution in [0.25, 0.3) is 0 Å². The van der Waals surface area contributed by atoms with Crippen LogP contribution in [0.2, 0.25) is 5.02 Å². The molecule has 1 aliphatic heterocycles. The fraction of sp³-hybridized carbons (Fsp3) is 0.250. The number of halogens is 2. The Balaban J connectivity index is 2.34. The van der Waals surface area contributed by atoms with Crippen molar-refractivity contribution in [2.24, 2.45) is 5.92 Å². The molecule has 0 bridgehead atoms. The van der Waals surface area contributed by atoms with Crippen LogP contribution < -0.4 is 4.90 Å². The predicted molar refractivity (Wildman–Crippen MR) is 62.1 cm³/mol. The lowest BCUT2D eigenvalue weighted by molar-refractivity contribution is -0.117. The highest BCUT2D eigenvalue weighted by Gasteiger charge is 2.29. The quantitative estimate of drug-likeness (QED) is 0.727. The molecule has 0 aromatic heterocycles. The van der Waals surface area contributed by atoms with Gasteiger partial charge in [0.05, 0.1) is 10.7 Å². The third-order valence-corrected chi connectivity index (χ3v) is 3.01. The zero-order chi connectivity index (χ0) is 11.7. The minimum absolute atomic E-state index is 0.0441. The second kappa shape index (κ2) is 4.26. The van der Waals surface area contributed by atoms with Crippen LogP contribution >= 0.6 is 11.6 Å². The fourth-order valence-electron chi connectivity index (χ4n) is 1.82. The van der Waals surface area contributed by atoms with E-state index in [-0.39, 0.29) is 11.8 Å². The molecule has 1 unspecified atom stereocenters. The van der Waals surface area contributed by atoms with Gasteiger partial charge in [-0.05, 0) is 18.2 Å². The number of benzene rings is 1. The summed E-state index contributed by atoms with van der Waals surface area (Å²) in [6.07, 6.45) is 2.15. The Bertz CT molecular complexity index is 447. The number of anilines is 1. The lowest BCUT2D eigenvalue weighted by Gasteiger charge is -2.17. The van der Waals surface area contributed by atoms with Gasteiger partial charge in [-0.3, -0.25) is 4.79 Å². The molecule has 2 nitrogen and oxygen atoms in total. The highest BCUT2D eigenvalue weighted by Crippen LogP contribution is 2.31. The Labute approximate surface area is 98.3 Å². The van der Waals surface area contributed by atoms with E-state index in [1.165, 1.54) is 23.1 Å². The molecular formula is C12H11ClFNO. The lowest BCUT2D eigenvalue weighted by Crippen LogP contribution is -2.24. The Morgan fingerprint density at radius 2 is 2.31 bits per heavy atom. The van der Waals surface area contributed by atoms with Crippen molar-refractivity contribution in [2.45, 2.75) is 6.42 Å². The van der Waals surface area contributed by atoms with Gasteiger partial charge in [-0.1, -0.05) is 17.7 Å². The number of carbonyl (C=O) groups excluding carboxylic acids is 1. The van der Waals surface area contributed by atoms with E-state index in [0.29, 0.717) is 23.7 Å². The van der Waals surface area contributed by atoms with Gasteiger partial charge >= 0.3 is 0 Å². The number of nitrogens with zero attached hydrogens (tertiary/aromatic N) is 1. The van der Waals surface area contributed by atoms with Crippen LogP contribution in [-0.2, 0) is 4.79 Å². The summed E-state index contributed by atoms with van der Waals surface area (Å²) in [5.74, 6) is -0.321. The first kappa shape index (κ1) is 11.1. The van der Waals surface area contributed by atoms with E-state index in [2.05, 4.69) is 6.58 Å². The number of hydrogen-bond acceptors (Lipinski definition) is 1. The van der Waals surface area contributed by atoms with Crippen LogP contribution in [0.4, 0.5) is 10.1 Å². The minimum atomic E-state index is -0.394. The van der Waals surface area contributed by atoms with Gasteiger partial charge in [-0.15, -0.1) is 6.58 Å². The van der Waals surface area contributed by atoms with Crippen LogP contribution in [0.15, 0.2) is 30.9 Å². The molecule has 1 saturated heterocycles. The molecule has 4 heteroatoms. The smallest absolute Gasteiger partial charge is 0.227 e. The van der Waals surface area contributed by atoms with Crippen molar-refractivity contribution < 1.29 is 9.18 Å². The molecule has 1 atom stereocenters. The van der Waals surface area contributed by atoms with Gasteiger partial charge < -0.3 is 4.90 Å². The maximum absolute atomic E-state index is 13.1. The van der Waals surface area contributed by atoms with Crippen LogP contribution in [0.1, 0.15) is 6.42 Å². The standard InChI is InChI=1S/C12H11ClFNO/c1-2-8-5-12(16)15(7-8)11-6-9(14)3-4-10(11)13/h2-4,6,8H,1,5,7H2. The minimum Gasteiger partial charge on any atom is -0.310 e. The van der Waals surface area contributed by atoms with E-state index in [1.807, 2.05) is 0 Å². The molecule has 1 heterocycles. The largest absolute Gasteiger partial charge is 0.310 e. The number of amides is 1. The second-order valence-electron chi connectivity index (χ2n) is 3.80. The SMILES string of the molecule is C=CC1CC(=O)N(c2cc(F)ccc2Cl)C1. The van der Waals surface area contributed by atoms with E-state index >= 15 is 0 Å². The first-order valence-corrected chi connectivity index (χ1v) is 5.37. The van der Waals surface area contributed by atoms with Crippen molar-refractivity contribution in [3.05, 3.63) is 41.7 Å². The van der Waals surface area contributed by atoms with Crippen LogP contribution in [0.3, 0.4) is 0 Å².